The highest BCUT2D eigenvalue weighted by atomic mass is 35.5. The molecular weight excluding hydrogens is 470 g/mol. The molecule has 1 aliphatic heterocycles. The Morgan fingerprint density at radius 1 is 0.914 bits per heavy atom. The number of piperazine rings is 1. The van der Waals surface area contributed by atoms with Crippen LogP contribution >= 0.6 is 11.6 Å². The Bertz CT molecular complexity index is 1250. The van der Waals surface area contributed by atoms with Gasteiger partial charge in [-0.15, -0.1) is 0 Å². The first-order valence-electron chi connectivity index (χ1n) is 11.9. The number of hydrogen-bond donors (Lipinski definition) is 1. The molecule has 1 aliphatic rings. The first-order valence-corrected chi connectivity index (χ1v) is 12.3. The van der Waals surface area contributed by atoms with Crippen LogP contribution in [0.5, 0.6) is 0 Å². The molecule has 6 nitrogen and oxygen atoms in total. The summed E-state index contributed by atoms with van der Waals surface area (Å²) in [5.41, 5.74) is 3.26. The van der Waals surface area contributed by atoms with Crippen molar-refractivity contribution in [1.29, 1.82) is 0 Å². The fourth-order valence-electron chi connectivity index (χ4n) is 5.13. The minimum absolute atomic E-state index is 0.138. The van der Waals surface area contributed by atoms with Crippen molar-refractivity contribution in [3.05, 3.63) is 82.9 Å². The molecule has 1 N–H and O–H groups in total. The van der Waals surface area contributed by atoms with Crippen LogP contribution in [-0.4, -0.2) is 50.0 Å². The topological polar surface area (TPSA) is 60.9 Å². The molecule has 4 aromatic rings. The lowest BCUT2D eigenvalue weighted by molar-refractivity contribution is 0.110. The molecule has 1 saturated heterocycles. The maximum Gasteiger partial charge on any atom is 0.226 e. The molecule has 3 heterocycles. The van der Waals surface area contributed by atoms with E-state index in [2.05, 4.69) is 43.6 Å². The largest absolute Gasteiger partial charge is 0.349 e. The molecule has 0 unspecified atom stereocenters. The van der Waals surface area contributed by atoms with Crippen LogP contribution in [0.1, 0.15) is 43.9 Å². The van der Waals surface area contributed by atoms with Gasteiger partial charge in [-0.2, -0.15) is 9.97 Å². The van der Waals surface area contributed by atoms with Crippen LogP contribution in [0.15, 0.2) is 54.9 Å². The summed E-state index contributed by atoms with van der Waals surface area (Å²) in [6, 6.07) is 13.4. The van der Waals surface area contributed by atoms with E-state index >= 15 is 0 Å². The van der Waals surface area contributed by atoms with Gasteiger partial charge in [-0.25, -0.2) is 13.8 Å². The average molecular weight is 497 g/mol. The van der Waals surface area contributed by atoms with Gasteiger partial charge in [-0.1, -0.05) is 38.1 Å². The number of anilines is 1. The van der Waals surface area contributed by atoms with Gasteiger partial charge in [0, 0.05) is 25.2 Å². The number of benzene rings is 2. The highest BCUT2D eigenvalue weighted by molar-refractivity contribution is 6.28. The van der Waals surface area contributed by atoms with Crippen molar-refractivity contribution in [2.24, 2.45) is 0 Å². The predicted octanol–water partition coefficient (Wildman–Crippen LogP) is 5.75. The van der Waals surface area contributed by atoms with E-state index < -0.39 is 0 Å². The van der Waals surface area contributed by atoms with E-state index in [1.54, 1.807) is 6.33 Å². The lowest BCUT2D eigenvalue weighted by Gasteiger charge is -2.49. The Hall–Kier alpha value is -3.10. The van der Waals surface area contributed by atoms with E-state index in [1.165, 1.54) is 24.3 Å². The molecule has 35 heavy (non-hydrogen) atoms. The molecular formula is C26H27ClF2N6. The van der Waals surface area contributed by atoms with Gasteiger partial charge in [0.1, 0.15) is 17.2 Å². The van der Waals surface area contributed by atoms with Crippen LogP contribution in [0, 0.1) is 11.6 Å². The summed E-state index contributed by atoms with van der Waals surface area (Å²) in [5, 5.41) is 0.167. The van der Waals surface area contributed by atoms with Crippen LogP contribution in [0.3, 0.4) is 0 Å². The molecule has 2 aromatic carbocycles. The highest BCUT2D eigenvalue weighted by Crippen LogP contribution is 2.37. The van der Waals surface area contributed by atoms with Crippen molar-refractivity contribution in [2.75, 3.05) is 18.0 Å². The van der Waals surface area contributed by atoms with E-state index in [0.717, 1.165) is 48.4 Å². The van der Waals surface area contributed by atoms with Gasteiger partial charge < -0.3 is 9.88 Å². The number of hydrogen-bond acceptors (Lipinski definition) is 5. The van der Waals surface area contributed by atoms with Gasteiger partial charge >= 0.3 is 0 Å². The van der Waals surface area contributed by atoms with Crippen molar-refractivity contribution in [3.8, 4) is 0 Å². The monoisotopic (exact) mass is 496 g/mol. The van der Waals surface area contributed by atoms with Crippen LogP contribution < -0.4 is 4.90 Å². The molecule has 1 fully saturated rings. The number of rotatable bonds is 6. The predicted molar refractivity (Wildman–Crippen MR) is 134 cm³/mol. The van der Waals surface area contributed by atoms with Crippen LogP contribution in [-0.2, 0) is 0 Å². The minimum Gasteiger partial charge on any atom is -0.349 e. The number of aromatic amines is 1. The summed E-state index contributed by atoms with van der Waals surface area (Å²) in [4.78, 5) is 21.0. The van der Waals surface area contributed by atoms with Gasteiger partial charge in [0.05, 0.1) is 12.4 Å². The first-order chi connectivity index (χ1) is 17.0. The van der Waals surface area contributed by atoms with Gasteiger partial charge in [0.2, 0.25) is 5.28 Å². The summed E-state index contributed by atoms with van der Waals surface area (Å²) in [7, 11) is 0. The number of imidazole rings is 1. The SMILES string of the molecule is CC[C@H]1CN(C(c2ccc(F)cc2)c2ccc(F)cc2)[C@H](CC)CN1c1nc(Cl)nc2nc[nH]c12. The Balaban J connectivity index is 1.56. The number of fused-ring (bicyclic) bond motifs is 1. The molecule has 182 valence electrons. The molecule has 0 spiro atoms. The second kappa shape index (κ2) is 9.87. The molecule has 0 amide bonds. The van der Waals surface area contributed by atoms with Gasteiger partial charge in [0.25, 0.3) is 0 Å². The van der Waals surface area contributed by atoms with Crippen molar-refractivity contribution in [2.45, 2.75) is 44.8 Å². The molecule has 2 atom stereocenters. The molecule has 0 bridgehead atoms. The zero-order chi connectivity index (χ0) is 24.5. The van der Waals surface area contributed by atoms with E-state index in [9.17, 15) is 8.78 Å². The maximum atomic E-state index is 13.8. The average Bonchev–Trinajstić information content (AvgIpc) is 3.34. The summed E-state index contributed by atoms with van der Waals surface area (Å²) in [6.07, 6.45) is 3.37. The fourth-order valence-corrected chi connectivity index (χ4v) is 5.29. The Labute approximate surface area is 208 Å². The van der Waals surface area contributed by atoms with E-state index in [1.807, 2.05) is 24.3 Å². The zero-order valence-corrected chi connectivity index (χ0v) is 20.4. The summed E-state index contributed by atoms with van der Waals surface area (Å²) >= 11 is 6.25. The summed E-state index contributed by atoms with van der Waals surface area (Å²) in [6.45, 7) is 5.77. The van der Waals surface area contributed by atoms with Crippen molar-refractivity contribution < 1.29 is 8.78 Å². The number of nitrogens with zero attached hydrogens (tertiary/aromatic N) is 5. The maximum absolute atomic E-state index is 13.8. The number of nitrogens with one attached hydrogen (secondary N) is 1. The zero-order valence-electron chi connectivity index (χ0n) is 19.6. The lowest BCUT2D eigenvalue weighted by atomic mass is 9.91. The van der Waals surface area contributed by atoms with E-state index in [-0.39, 0.29) is 35.0 Å². The molecule has 0 radical (unpaired) electrons. The number of H-pyrrole nitrogens is 1. The first kappa shape index (κ1) is 23.6. The lowest BCUT2D eigenvalue weighted by Crippen LogP contribution is -2.59. The number of aromatic nitrogens is 4. The fraction of sp³-hybridized carbons (Fsp3) is 0.346. The van der Waals surface area contributed by atoms with Crippen LogP contribution in [0.25, 0.3) is 11.2 Å². The third-order valence-corrected chi connectivity index (χ3v) is 7.06. The molecule has 0 aliphatic carbocycles. The van der Waals surface area contributed by atoms with E-state index in [0.29, 0.717) is 5.65 Å². The minimum atomic E-state index is -0.279. The van der Waals surface area contributed by atoms with E-state index in [4.69, 9.17) is 11.6 Å². The quantitative estimate of drug-likeness (QED) is 0.344. The normalized spacial score (nSPS) is 19.1. The van der Waals surface area contributed by atoms with Gasteiger partial charge in [-0.05, 0) is 59.8 Å². The molecule has 5 rings (SSSR count). The Morgan fingerprint density at radius 3 is 2.09 bits per heavy atom. The second-order valence-electron chi connectivity index (χ2n) is 8.90. The Morgan fingerprint density at radius 2 is 1.51 bits per heavy atom. The summed E-state index contributed by atoms with van der Waals surface area (Å²) in [5.74, 6) is 0.195. The Kier molecular flexibility index (Phi) is 6.67. The van der Waals surface area contributed by atoms with Gasteiger partial charge in [0.15, 0.2) is 11.5 Å². The number of halogens is 3. The third kappa shape index (κ3) is 4.60. The van der Waals surface area contributed by atoms with Crippen molar-refractivity contribution >= 4 is 28.6 Å². The van der Waals surface area contributed by atoms with Crippen molar-refractivity contribution in [3.63, 3.8) is 0 Å². The van der Waals surface area contributed by atoms with Crippen molar-refractivity contribution in [1.82, 2.24) is 24.8 Å². The van der Waals surface area contributed by atoms with Crippen LogP contribution in [0.2, 0.25) is 5.28 Å². The third-order valence-electron chi connectivity index (χ3n) is 6.90. The molecule has 9 heteroatoms. The van der Waals surface area contributed by atoms with Gasteiger partial charge in [-0.3, -0.25) is 4.90 Å². The summed E-state index contributed by atoms with van der Waals surface area (Å²) < 4.78 is 27.6. The van der Waals surface area contributed by atoms with Crippen LogP contribution in [0.4, 0.5) is 14.6 Å². The standard InChI is InChI=1S/C26H27ClF2N6/c1-3-20-14-35(25-22-24(31-15-30-22)32-26(27)33-25)21(4-2)13-34(20)23(16-5-9-18(28)10-6-16)17-7-11-19(29)12-8-17/h5-12,15,20-21,23H,3-4,13-14H2,1-2H3,(H,30,31,32,33)/t20-,21+/m1/s1. The molecule has 2 aromatic heterocycles. The highest BCUT2D eigenvalue weighted by Gasteiger charge is 2.38. The second-order valence-corrected chi connectivity index (χ2v) is 9.23. The molecule has 0 saturated carbocycles. The smallest absolute Gasteiger partial charge is 0.226 e.